The molecule has 5 nitrogen and oxygen atoms in total. The van der Waals surface area contributed by atoms with Crippen LogP contribution in [0, 0.1) is 12.7 Å². The molecule has 6 heteroatoms. The molecule has 0 aliphatic carbocycles. The van der Waals surface area contributed by atoms with Crippen molar-refractivity contribution in [1.82, 2.24) is 14.3 Å². The number of aromatic nitrogens is 3. The molecule has 108 valence electrons. The van der Waals surface area contributed by atoms with E-state index < -0.39 is 0 Å². The van der Waals surface area contributed by atoms with Crippen LogP contribution in [0.15, 0.2) is 35.4 Å². The lowest BCUT2D eigenvalue weighted by molar-refractivity contribution is 0.643. The molecule has 1 N–H and O–H groups in total. The SMILES string of the molecule is Cc1c(Nc2ccc3c(ccn3C)c2F)cnn(C)c1=O. The molecule has 3 rings (SSSR count). The first-order chi connectivity index (χ1) is 9.99. The van der Waals surface area contributed by atoms with Crippen LogP contribution < -0.4 is 10.9 Å². The van der Waals surface area contributed by atoms with Crippen LogP contribution in [0.3, 0.4) is 0 Å². The molecule has 0 saturated carbocycles. The number of anilines is 2. The largest absolute Gasteiger partial charge is 0.351 e. The fourth-order valence-corrected chi connectivity index (χ4v) is 2.33. The Labute approximate surface area is 120 Å². The topological polar surface area (TPSA) is 51.9 Å². The van der Waals surface area contributed by atoms with E-state index in [4.69, 9.17) is 0 Å². The van der Waals surface area contributed by atoms with Gasteiger partial charge in [-0.25, -0.2) is 9.07 Å². The van der Waals surface area contributed by atoms with Gasteiger partial charge in [-0.15, -0.1) is 0 Å². The smallest absolute Gasteiger partial charge is 0.271 e. The highest BCUT2D eigenvalue weighted by molar-refractivity contribution is 5.85. The quantitative estimate of drug-likeness (QED) is 0.787. The Bertz CT molecular complexity index is 895. The van der Waals surface area contributed by atoms with Crippen molar-refractivity contribution in [3.05, 3.63) is 52.3 Å². The summed E-state index contributed by atoms with van der Waals surface area (Å²) in [4.78, 5) is 11.8. The summed E-state index contributed by atoms with van der Waals surface area (Å²) in [6, 6.07) is 5.23. The van der Waals surface area contributed by atoms with Gasteiger partial charge in [-0.2, -0.15) is 5.10 Å². The Balaban J connectivity index is 2.08. The zero-order valence-corrected chi connectivity index (χ0v) is 12.0. The first kappa shape index (κ1) is 13.4. The average molecular weight is 286 g/mol. The number of hydrogen-bond donors (Lipinski definition) is 1. The summed E-state index contributed by atoms with van der Waals surface area (Å²) >= 11 is 0. The van der Waals surface area contributed by atoms with E-state index in [1.807, 2.05) is 23.9 Å². The molecule has 0 radical (unpaired) electrons. The van der Waals surface area contributed by atoms with Gasteiger partial charge >= 0.3 is 0 Å². The summed E-state index contributed by atoms with van der Waals surface area (Å²) in [5.41, 5.74) is 1.94. The van der Waals surface area contributed by atoms with Crippen LogP contribution in [0.1, 0.15) is 5.56 Å². The minimum Gasteiger partial charge on any atom is -0.351 e. The molecule has 0 amide bonds. The zero-order valence-electron chi connectivity index (χ0n) is 12.0. The Morgan fingerprint density at radius 1 is 1.19 bits per heavy atom. The molecular weight excluding hydrogens is 271 g/mol. The molecule has 0 aliphatic rings. The summed E-state index contributed by atoms with van der Waals surface area (Å²) in [7, 11) is 3.44. The predicted molar refractivity (Wildman–Crippen MR) is 80.4 cm³/mol. The van der Waals surface area contributed by atoms with Crippen LogP contribution in [0.25, 0.3) is 10.9 Å². The molecule has 21 heavy (non-hydrogen) atoms. The Hall–Kier alpha value is -2.63. The van der Waals surface area contributed by atoms with E-state index in [1.54, 1.807) is 26.1 Å². The molecular formula is C15H15FN4O. The third-order valence-electron chi connectivity index (χ3n) is 3.65. The van der Waals surface area contributed by atoms with Crippen molar-refractivity contribution in [3.63, 3.8) is 0 Å². The molecule has 2 heterocycles. The minimum atomic E-state index is -0.340. The number of halogens is 1. The first-order valence-electron chi connectivity index (χ1n) is 6.52. The maximum absolute atomic E-state index is 14.5. The van der Waals surface area contributed by atoms with Gasteiger partial charge in [0.1, 0.15) is 0 Å². The van der Waals surface area contributed by atoms with Crippen LogP contribution in [-0.2, 0) is 14.1 Å². The molecule has 0 atom stereocenters. The summed E-state index contributed by atoms with van der Waals surface area (Å²) in [6.07, 6.45) is 3.33. The van der Waals surface area contributed by atoms with Gasteiger partial charge in [-0.1, -0.05) is 0 Å². The normalized spacial score (nSPS) is 11.0. The van der Waals surface area contributed by atoms with E-state index in [2.05, 4.69) is 10.4 Å². The monoisotopic (exact) mass is 286 g/mol. The lowest BCUT2D eigenvalue weighted by Crippen LogP contribution is -2.22. The van der Waals surface area contributed by atoms with Crippen molar-refractivity contribution in [2.24, 2.45) is 14.1 Å². The van der Waals surface area contributed by atoms with E-state index in [0.29, 0.717) is 22.3 Å². The third kappa shape index (κ3) is 2.08. The van der Waals surface area contributed by atoms with E-state index in [1.165, 1.54) is 10.9 Å². The van der Waals surface area contributed by atoms with E-state index in [0.717, 1.165) is 5.52 Å². The number of hydrogen-bond acceptors (Lipinski definition) is 3. The van der Waals surface area contributed by atoms with Crippen LogP contribution >= 0.6 is 0 Å². The number of nitrogens with zero attached hydrogens (tertiary/aromatic N) is 3. The van der Waals surface area contributed by atoms with Crippen molar-refractivity contribution < 1.29 is 4.39 Å². The molecule has 0 bridgehead atoms. The summed E-state index contributed by atoms with van der Waals surface area (Å²) < 4.78 is 17.6. The molecule has 1 aromatic carbocycles. The average Bonchev–Trinajstić information content (AvgIpc) is 2.84. The van der Waals surface area contributed by atoms with Gasteiger partial charge in [0.15, 0.2) is 5.82 Å². The highest BCUT2D eigenvalue weighted by Crippen LogP contribution is 2.27. The molecule has 0 spiro atoms. The Kier molecular flexibility index (Phi) is 3.01. The summed E-state index contributed by atoms with van der Waals surface area (Å²) in [5, 5.41) is 7.44. The second-order valence-electron chi connectivity index (χ2n) is 5.02. The first-order valence-corrected chi connectivity index (χ1v) is 6.52. The van der Waals surface area contributed by atoms with Gasteiger partial charge in [0.2, 0.25) is 0 Å². The van der Waals surface area contributed by atoms with Gasteiger partial charge in [-0.05, 0) is 25.1 Å². The van der Waals surface area contributed by atoms with Crippen molar-refractivity contribution in [2.45, 2.75) is 6.92 Å². The Morgan fingerprint density at radius 3 is 2.71 bits per heavy atom. The van der Waals surface area contributed by atoms with Crippen molar-refractivity contribution in [3.8, 4) is 0 Å². The highest BCUT2D eigenvalue weighted by atomic mass is 19.1. The van der Waals surface area contributed by atoms with E-state index in [9.17, 15) is 9.18 Å². The van der Waals surface area contributed by atoms with E-state index in [-0.39, 0.29) is 11.4 Å². The van der Waals surface area contributed by atoms with E-state index >= 15 is 0 Å². The molecule has 0 unspecified atom stereocenters. The standard InChI is InChI=1S/C15H15FN4O/c1-9-12(8-17-20(3)15(9)21)18-11-4-5-13-10(14(11)16)6-7-19(13)2/h4-8,18H,1-3H3. The second kappa shape index (κ2) is 4.73. The van der Waals surface area contributed by atoms with Gasteiger partial charge in [0.05, 0.1) is 23.1 Å². The molecule has 0 fully saturated rings. The van der Waals surface area contributed by atoms with Crippen molar-refractivity contribution in [1.29, 1.82) is 0 Å². The molecule has 3 aromatic rings. The summed E-state index contributed by atoms with van der Waals surface area (Å²) in [6.45, 7) is 1.69. The number of fused-ring (bicyclic) bond motifs is 1. The number of benzene rings is 1. The second-order valence-corrected chi connectivity index (χ2v) is 5.02. The number of rotatable bonds is 2. The van der Waals surface area contributed by atoms with Crippen LogP contribution in [0.5, 0.6) is 0 Å². The Morgan fingerprint density at radius 2 is 1.95 bits per heavy atom. The molecule has 2 aromatic heterocycles. The predicted octanol–water partition coefficient (Wildman–Crippen LogP) is 2.46. The maximum Gasteiger partial charge on any atom is 0.271 e. The van der Waals surface area contributed by atoms with Gasteiger partial charge in [-0.3, -0.25) is 4.79 Å². The number of nitrogens with one attached hydrogen (secondary N) is 1. The lowest BCUT2D eigenvalue weighted by Gasteiger charge is -2.11. The van der Waals surface area contributed by atoms with Crippen LogP contribution in [-0.4, -0.2) is 14.3 Å². The van der Waals surface area contributed by atoms with Crippen LogP contribution in [0.2, 0.25) is 0 Å². The number of aryl methyl sites for hydroxylation is 2. The fraction of sp³-hybridized carbons (Fsp3) is 0.200. The maximum atomic E-state index is 14.5. The fourth-order valence-electron chi connectivity index (χ4n) is 2.33. The van der Waals surface area contributed by atoms with Crippen LogP contribution in [0.4, 0.5) is 15.8 Å². The van der Waals surface area contributed by atoms with Gasteiger partial charge < -0.3 is 9.88 Å². The highest BCUT2D eigenvalue weighted by Gasteiger charge is 2.12. The lowest BCUT2D eigenvalue weighted by atomic mass is 10.2. The van der Waals surface area contributed by atoms with Gasteiger partial charge in [0, 0.05) is 31.2 Å². The molecule has 0 saturated heterocycles. The van der Waals surface area contributed by atoms with Gasteiger partial charge in [0.25, 0.3) is 5.56 Å². The molecule has 0 aliphatic heterocycles. The summed E-state index contributed by atoms with van der Waals surface area (Å²) in [5.74, 6) is -0.340. The minimum absolute atomic E-state index is 0.207. The third-order valence-corrected chi connectivity index (χ3v) is 3.65. The zero-order chi connectivity index (χ0) is 15.1. The van der Waals surface area contributed by atoms with Crippen molar-refractivity contribution >= 4 is 22.3 Å². The van der Waals surface area contributed by atoms with Crippen molar-refractivity contribution in [2.75, 3.05) is 5.32 Å².